The highest BCUT2D eigenvalue weighted by Crippen LogP contribution is 2.36. The molecule has 2 heterocycles. The van der Waals surface area contributed by atoms with E-state index in [2.05, 4.69) is 17.6 Å². The maximum atomic E-state index is 14.0. The number of carbonyl (C=O) groups is 4. The van der Waals surface area contributed by atoms with E-state index in [4.69, 9.17) is 0 Å². The van der Waals surface area contributed by atoms with Crippen molar-refractivity contribution in [1.82, 2.24) is 15.5 Å². The van der Waals surface area contributed by atoms with E-state index < -0.39 is 35.9 Å². The first-order valence-electron chi connectivity index (χ1n) is 10.3. The Morgan fingerprint density at radius 1 is 1.23 bits per heavy atom. The van der Waals surface area contributed by atoms with Crippen LogP contribution in [0.15, 0.2) is 24.3 Å². The van der Waals surface area contributed by atoms with Gasteiger partial charge in [-0.1, -0.05) is 19.1 Å². The lowest BCUT2D eigenvalue weighted by molar-refractivity contribution is -0.136. The Kier molecular flexibility index (Phi) is 5.21. The molecule has 5 amide bonds. The van der Waals surface area contributed by atoms with E-state index in [-0.39, 0.29) is 30.5 Å². The molecule has 8 nitrogen and oxygen atoms in total. The molecule has 0 bridgehead atoms. The first-order chi connectivity index (χ1) is 14.3. The Morgan fingerprint density at radius 2 is 1.93 bits per heavy atom. The van der Waals surface area contributed by atoms with Crippen LogP contribution in [-0.4, -0.2) is 53.3 Å². The number of amides is 5. The smallest absolute Gasteiger partial charge is 0.325 e. The number of nitrogens with zero attached hydrogens (tertiary/aromatic N) is 2. The van der Waals surface area contributed by atoms with E-state index in [1.165, 1.54) is 23.1 Å². The molecule has 4 rings (SSSR count). The van der Waals surface area contributed by atoms with Crippen molar-refractivity contribution in [3.8, 4) is 0 Å². The zero-order chi connectivity index (χ0) is 21.5. The topological polar surface area (TPSA) is 98.8 Å². The van der Waals surface area contributed by atoms with Gasteiger partial charge in [-0.15, -0.1) is 0 Å². The number of para-hydroxylation sites is 1. The van der Waals surface area contributed by atoms with Crippen molar-refractivity contribution in [1.29, 1.82) is 0 Å². The Morgan fingerprint density at radius 3 is 2.63 bits per heavy atom. The average Bonchev–Trinajstić information content (AvgIpc) is 3.17. The highest BCUT2D eigenvalue weighted by atomic mass is 19.1. The van der Waals surface area contributed by atoms with Gasteiger partial charge in [0.25, 0.3) is 5.91 Å². The lowest BCUT2D eigenvalue weighted by atomic mass is 9.77. The van der Waals surface area contributed by atoms with Crippen LogP contribution in [0.4, 0.5) is 14.9 Å². The number of hydrogen-bond acceptors (Lipinski definition) is 4. The summed E-state index contributed by atoms with van der Waals surface area (Å²) in [7, 11) is 0. The van der Waals surface area contributed by atoms with Crippen molar-refractivity contribution in [3.05, 3.63) is 30.1 Å². The van der Waals surface area contributed by atoms with Gasteiger partial charge >= 0.3 is 6.03 Å². The number of nitrogens with one attached hydrogen (secondary N) is 2. The van der Waals surface area contributed by atoms with Crippen LogP contribution in [0.1, 0.15) is 39.0 Å². The highest BCUT2D eigenvalue weighted by molar-refractivity contribution is 6.09. The summed E-state index contributed by atoms with van der Waals surface area (Å²) >= 11 is 0. The predicted octanol–water partition coefficient (Wildman–Crippen LogP) is 1.55. The van der Waals surface area contributed by atoms with Gasteiger partial charge in [0.1, 0.15) is 17.9 Å². The number of carbonyl (C=O) groups excluding carboxylic acids is 4. The Bertz CT molecular complexity index is 897. The average molecular weight is 416 g/mol. The van der Waals surface area contributed by atoms with Crippen LogP contribution in [0.3, 0.4) is 0 Å². The standard InChI is InChI=1S/C21H25FN4O4/c1-13-6-8-21(9-7-13)19(29)26(20(30)24-21)12-17(27)23-14-10-18(28)25(11-14)16-5-3-2-4-15(16)22/h2-5,13-14H,6-12H2,1H3,(H,23,27)(H,24,30). The van der Waals surface area contributed by atoms with Gasteiger partial charge < -0.3 is 15.5 Å². The Labute approximate surface area is 173 Å². The number of imide groups is 1. The Hall–Kier alpha value is -2.97. The molecule has 1 spiro atoms. The second kappa shape index (κ2) is 7.70. The summed E-state index contributed by atoms with van der Waals surface area (Å²) in [6.07, 6.45) is 2.88. The van der Waals surface area contributed by atoms with Crippen molar-refractivity contribution in [2.75, 3.05) is 18.0 Å². The minimum atomic E-state index is -0.894. The quantitative estimate of drug-likeness (QED) is 0.728. The van der Waals surface area contributed by atoms with Gasteiger partial charge in [-0.25, -0.2) is 9.18 Å². The largest absolute Gasteiger partial charge is 0.349 e. The van der Waals surface area contributed by atoms with Gasteiger partial charge in [-0.05, 0) is 43.7 Å². The first kappa shape index (κ1) is 20.3. The SMILES string of the molecule is CC1CCC2(CC1)NC(=O)N(CC(=O)NC1CC(=O)N(c3ccccc3F)C1)C2=O. The molecular weight excluding hydrogens is 391 g/mol. The predicted molar refractivity (Wildman–Crippen MR) is 106 cm³/mol. The fraction of sp³-hybridized carbons (Fsp3) is 0.524. The fourth-order valence-electron chi connectivity index (χ4n) is 4.54. The zero-order valence-corrected chi connectivity index (χ0v) is 16.8. The van der Waals surface area contributed by atoms with Gasteiger partial charge in [0.05, 0.1) is 11.7 Å². The van der Waals surface area contributed by atoms with Crippen LogP contribution in [0.5, 0.6) is 0 Å². The molecule has 1 atom stereocenters. The summed E-state index contributed by atoms with van der Waals surface area (Å²) in [6, 6.07) is 4.88. The van der Waals surface area contributed by atoms with Crippen molar-refractivity contribution in [3.63, 3.8) is 0 Å². The maximum Gasteiger partial charge on any atom is 0.325 e. The van der Waals surface area contributed by atoms with Crippen molar-refractivity contribution in [2.24, 2.45) is 5.92 Å². The molecule has 2 aliphatic heterocycles. The van der Waals surface area contributed by atoms with Crippen LogP contribution in [0.25, 0.3) is 0 Å². The maximum absolute atomic E-state index is 14.0. The molecule has 3 fully saturated rings. The number of benzene rings is 1. The summed E-state index contributed by atoms with van der Waals surface area (Å²) in [5.41, 5.74) is -0.726. The molecule has 160 valence electrons. The van der Waals surface area contributed by atoms with Crippen molar-refractivity contribution in [2.45, 2.75) is 50.6 Å². The summed E-state index contributed by atoms with van der Waals surface area (Å²) in [6.45, 7) is 1.85. The van der Waals surface area contributed by atoms with E-state index in [1.807, 2.05) is 0 Å². The third-order valence-electron chi connectivity index (χ3n) is 6.31. The summed E-state index contributed by atoms with van der Waals surface area (Å²) in [5, 5.41) is 5.48. The van der Waals surface area contributed by atoms with E-state index in [9.17, 15) is 23.6 Å². The van der Waals surface area contributed by atoms with E-state index >= 15 is 0 Å². The van der Waals surface area contributed by atoms with E-state index in [0.29, 0.717) is 18.8 Å². The summed E-state index contributed by atoms with van der Waals surface area (Å²) in [5.74, 6) is -1.17. The molecule has 0 aromatic heterocycles. The zero-order valence-electron chi connectivity index (χ0n) is 16.8. The van der Waals surface area contributed by atoms with Crippen LogP contribution in [0.2, 0.25) is 0 Å². The minimum Gasteiger partial charge on any atom is -0.349 e. The molecular formula is C21H25FN4O4. The van der Waals surface area contributed by atoms with Crippen LogP contribution in [-0.2, 0) is 14.4 Å². The molecule has 1 unspecified atom stereocenters. The summed E-state index contributed by atoms with van der Waals surface area (Å²) < 4.78 is 14.0. The lowest BCUT2D eigenvalue weighted by Crippen LogP contribution is -2.50. The molecule has 2 saturated heterocycles. The van der Waals surface area contributed by atoms with Crippen LogP contribution >= 0.6 is 0 Å². The number of hydrogen-bond donors (Lipinski definition) is 2. The normalized spacial score (nSPS) is 28.9. The molecule has 1 aromatic carbocycles. The van der Waals surface area contributed by atoms with Gasteiger partial charge in [0.2, 0.25) is 11.8 Å². The third kappa shape index (κ3) is 3.64. The third-order valence-corrected chi connectivity index (χ3v) is 6.31. The Balaban J connectivity index is 1.36. The van der Waals surface area contributed by atoms with Gasteiger partial charge in [-0.3, -0.25) is 19.3 Å². The van der Waals surface area contributed by atoms with Gasteiger partial charge in [-0.2, -0.15) is 0 Å². The molecule has 30 heavy (non-hydrogen) atoms. The molecule has 2 N–H and O–H groups in total. The second-order valence-corrected chi connectivity index (χ2v) is 8.51. The van der Waals surface area contributed by atoms with Gasteiger partial charge in [0, 0.05) is 13.0 Å². The number of halogens is 1. The second-order valence-electron chi connectivity index (χ2n) is 8.51. The number of anilines is 1. The molecule has 1 saturated carbocycles. The van der Waals surface area contributed by atoms with Gasteiger partial charge in [0.15, 0.2) is 0 Å². The molecule has 9 heteroatoms. The first-order valence-corrected chi connectivity index (χ1v) is 10.3. The van der Waals surface area contributed by atoms with Crippen molar-refractivity contribution >= 4 is 29.4 Å². The lowest BCUT2D eigenvalue weighted by Gasteiger charge is -2.33. The molecule has 1 aliphatic carbocycles. The number of rotatable bonds is 4. The minimum absolute atomic E-state index is 0.0298. The molecule has 1 aromatic rings. The van der Waals surface area contributed by atoms with E-state index in [0.717, 1.165) is 17.7 Å². The fourth-order valence-corrected chi connectivity index (χ4v) is 4.54. The van der Waals surface area contributed by atoms with E-state index in [1.54, 1.807) is 6.07 Å². The summed E-state index contributed by atoms with van der Waals surface area (Å²) in [4.78, 5) is 52.2. The van der Waals surface area contributed by atoms with Crippen LogP contribution in [0, 0.1) is 11.7 Å². The number of urea groups is 1. The van der Waals surface area contributed by atoms with Crippen molar-refractivity contribution < 1.29 is 23.6 Å². The van der Waals surface area contributed by atoms with Crippen LogP contribution < -0.4 is 15.5 Å². The highest BCUT2D eigenvalue weighted by Gasteiger charge is 2.52. The monoisotopic (exact) mass is 416 g/mol. The molecule has 3 aliphatic rings. The molecule has 0 radical (unpaired) electrons.